The molecule has 0 atom stereocenters. The van der Waals surface area contributed by atoms with E-state index in [0.717, 1.165) is 24.3 Å². The van der Waals surface area contributed by atoms with E-state index in [2.05, 4.69) is 26.1 Å². The average molecular weight is 287 g/mol. The van der Waals surface area contributed by atoms with Gasteiger partial charge in [-0.25, -0.2) is 4.39 Å². The molecule has 1 N–H and O–H groups in total. The highest BCUT2D eigenvalue weighted by Crippen LogP contribution is 2.27. The van der Waals surface area contributed by atoms with Crippen molar-refractivity contribution >= 4 is 0 Å². The standard InChI is InChI=1S/C18H22FNO/c1-4-9-20-12-15-11-16(19)6-8-18(15)21-17-7-5-13(2)14(3)10-17/h5-8,10-11,20H,4,9,12H2,1-3H3. The molecule has 0 fully saturated rings. The summed E-state index contributed by atoms with van der Waals surface area (Å²) in [5.41, 5.74) is 3.24. The molecule has 0 saturated heterocycles. The molecule has 2 aromatic rings. The number of benzene rings is 2. The average Bonchev–Trinajstić information content (AvgIpc) is 2.46. The minimum Gasteiger partial charge on any atom is -0.457 e. The number of nitrogens with one attached hydrogen (secondary N) is 1. The topological polar surface area (TPSA) is 21.3 Å². The first-order valence-corrected chi connectivity index (χ1v) is 7.34. The molecular weight excluding hydrogens is 265 g/mol. The van der Waals surface area contributed by atoms with Crippen LogP contribution in [0.1, 0.15) is 30.0 Å². The summed E-state index contributed by atoms with van der Waals surface area (Å²) < 4.78 is 19.4. The summed E-state index contributed by atoms with van der Waals surface area (Å²) in [6.07, 6.45) is 1.04. The first-order chi connectivity index (χ1) is 10.1. The summed E-state index contributed by atoms with van der Waals surface area (Å²) in [6, 6.07) is 10.6. The van der Waals surface area contributed by atoms with Crippen molar-refractivity contribution in [2.45, 2.75) is 33.7 Å². The lowest BCUT2D eigenvalue weighted by Crippen LogP contribution is -2.14. The van der Waals surface area contributed by atoms with E-state index in [1.54, 1.807) is 6.07 Å². The lowest BCUT2D eigenvalue weighted by atomic mass is 10.1. The van der Waals surface area contributed by atoms with Crippen molar-refractivity contribution in [3.63, 3.8) is 0 Å². The van der Waals surface area contributed by atoms with Crippen LogP contribution in [0.15, 0.2) is 36.4 Å². The predicted octanol–water partition coefficient (Wildman–Crippen LogP) is 4.73. The maximum Gasteiger partial charge on any atom is 0.132 e. The number of ether oxygens (including phenoxy) is 1. The Kier molecular flexibility index (Phi) is 5.34. The van der Waals surface area contributed by atoms with Gasteiger partial charge >= 0.3 is 0 Å². The van der Waals surface area contributed by atoms with Crippen molar-refractivity contribution in [3.05, 3.63) is 58.9 Å². The van der Waals surface area contributed by atoms with Crippen LogP contribution in [0.25, 0.3) is 0 Å². The zero-order valence-electron chi connectivity index (χ0n) is 12.9. The molecule has 2 nitrogen and oxygen atoms in total. The van der Waals surface area contributed by atoms with Gasteiger partial charge < -0.3 is 10.1 Å². The van der Waals surface area contributed by atoms with Crippen LogP contribution in [0.5, 0.6) is 11.5 Å². The highest BCUT2D eigenvalue weighted by atomic mass is 19.1. The Labute approximate surface area is 126 Å². The van der Waals surface area contributed by atoms with E-state index in [0.29, 0.717) is 12.3 Å². The Hall–Kier alpha value is -1.87. The first kappa shape index (κ1) is 15.5. The summed E-state index contributed by atoms with van der Waals surface area (Å²) in [4.78, 5) is 0. The summed E-state index contributed by atoms with van der Waals surface area (Å²) in [5.74, 6) is 1.24. The molecule has 0 radical (unpaired) electrons. The van der Waals surface area contributed by atoms with Gasteiger partial charge in [0, 0.05) is 12.1 Å². The third-order valence-electron chi connectivity index (χ3n) is 3.47. The van der Waals surface area contributed by atoms with Gasteiger partial charge in [-0.2, -0.15) is 0 Å². The molecule has 112 valence electrons. The number of hydrogen-bond donors (Lipinski definition) is 1. The molecule has 0 unspecified atom stereocenters. The Bertz CT molecular complexity index is 610. The fourth-order valence-electron chi connectivity index (χ4n) is 2.09. The van der Waals surface area contributed by atoms with Gasteiger partial charge in [0.1, 0.15) is 17.3 Å². The van der Waals surface area contributed by atoms with Crippen molar-refractivity contribution < 1.29 is 9.13 Å². The highest BCUT2D eigenvalue weighted by Gasteiger charge is 2.07. The highest BCUT2D eigenvalue weighted by molar-refractivity contribution is 5.40. The van der Waals surface area contributed by atoms with E-state index in [-0.39, 0.29) is 5.82 Å². The zero-order valence-corrected chi connectivity index (χ0v) is 12.9. The molecule has 0 amide bonds. The third-order valence-corrected chi connectivity index (χ3v) is 3.47. The van der Waals surface area contributed by atoms with Crippen LogP contribution in [0.3, 0.4) is 0 Å². The normalized spacial score (nSPS) is 10.7. The van der Waals surface area contributed by atoms with E-state index in [1.807, 2.05) is 18.2 Å². The molecule has 2 aromatic carbocycles. The van der Waals surface area contributed by atoms with Gasteiger partial charge in [0.05, 0.1) is 0 Å². The van der Waals surface area contributed by atoms with Crippen LogP contribution < -0.4 is 10.1 Å². The lowest BCUT2D eigenvalue weighted by molar-refractivity contribution is 0.469. The lowest BCUT2D eigenvalue weighted by Gasteiger charge is -2.13. The van der Waals surface area contributed by atoms with Crippen LogP contribution in [0, 0.1) is 19.7 Å². The second kappa shape index (κ2) is 7.23. The van der Waals surface area contributed by atoms with Gasteiger partial charge in [-0.3, -0.25) is 0 Å². The summed E-state index contributed by atoms with van der Waals surface area (Å²) in [7, 11) is 0. The number of halogens is 1. The maximum absolute atomic E-state index is 13.4. The number of hydrogen-bond acceptors (Lipinski definition) is 2. The van der Waals surface area contributed by atoms with Crippen LogP contribution in [-0.2, 0) is 6.54 Å². The minimum absolute atomic E-state index is 0.240. The van der Waals surface area contributed by atoms with Crippen molar-refractivity contribution in [1.82, 2.24) is 5.32 Å². The molecule has 2 rings (SSSR count). The van der Waals surface area contributed by atoms with Crippen molar-refractivity contribution in [1.29, 1.82) is 0 Å². The Morgan fingerprint density at radius 1 is 1.05 bits per heavy atom. The number of rotatable bonds is 6. The van der Waals surface area contributed by atoms with Gasteiger partial charge in [0.25, 0.3) is 0 Å². The van der Waals surface area contributed by atoms with Gasteiger partial charge in [-0.05, 0) is 68.3 Å². The molecule has 0 aliphatic rings. The maximum atomic E-state index is 13.4. The van der Waals surface area contributed by atoms with Crippen molar-refractivity contribution in [2.24, 2.45) is 0 Å². The van der Waals surface area contributed by atoms with Crippen molar-refractivity contribution in [2.75, 3.05) is 6.54 Å². The molecule has 0 bridgehead atoms. The summed E-state index contributed by atoms with van der Waals surface area (Å²) >= 11 is 0. The number of aryl methyl sites for hydroxylation is 2. The van der Waals surface area contributed by atoms with E-state index in [1.165, 1.54) is 23.3 Å². The van der Waals surface area contributed by atoms with Crippen LogP contribution in [0.2, 0.25) is 0 Å². The second-order valence-electron chi connectivity index (χ2n) is 5.28. The zero-order chi connectivity index (χ0) is 15.2. The molecule has 0 aliphatic carbocycles. The molecule has 0 aromatic heterocycles. The van der Waals surface area contributed by atoms with Crippen LogP contribution in [-0.4, -0.2) is 6.54 Å². The second-order valence-corrected chi connectivity index (χ2v) is 5.28. The molecule has 0 spiro atoms. The summed E-state index contributed by atoms with van der Waals surface area (Å²) in [5, 5.41) is 3.28. The Morgan fingerprint density at radius 3 is 2.57 bits per heavy atom. The van der Waals surface area contributed by atoms with Gasteiger partial charge in [-0.15, -0.1) is 0 Å². The quantitative estimate of drug-likeness (QED) is 0.775. The molecule has 0 aliphatic heterocycles. The molecular formula is C18H22FNO. The van der Waals surface area contributed by atoms with Crippen molar-refractivity contribution in [3.8, 4) is 11.5 Å². The fourth-order valence-corrected chi connectivity index (χ4v) is 2.09. The molecule has 3 heteroatoms. The van der Waals surface area contributed by atoms with Crippen LogP contribution in [0.4, 0.5) is 4.39 Å². The predicted molar refractivity (Wildman–Crippen MR) is 84.4 cm³/mol. The summed E-state index contributed by atoms with van der Waals surface area (Å²) in [6.45, 7) is 7.73. The van der Waals surface area contributed by atoms with Crippen LogP contribution >= 0.6 is 0 Å². The first-order valence-electron chi connectivity index (χ1n) is 7.34. The van der Waals surface area contributed by atoms with E-state index < -0.39 is 0 Å². The third kappa shape index (κ3) is 4.30. The SMILES string of the molecule is CCCNCc1cc(F)ccc1Oc1ccc(C)c(C)c1. The Balaban J connectivity index is 2.19. The van der Waals surface area contributed by atoms with E-state index in [9.17, 15) is 4.39 Å². The minimum atomic E-state index is -0.240. The monoisotopic (exact) mass is 287 g/mol. The van der Waals surface area contributed by atoms with Gasteiger partial charge in [-0.1, -0.05) is 13.0 Å². The fraction of sp³-hybridized carbons (Fsp3) is 0.333. The van der Waals surface area contributed by atoms with E-state index >= 15 is 0 Å². The van der Waals surface area contributed by atoms with Gasteiger partial charge in [0.15, 0.2) is 0 Å². The smallest absolute Gasteiger partial charge is 0.132 e. The molecule has 0 heterocycles. The molecule has 0 saturated carbocycles. The van der Waals surface area contributed by atoms with Gasteiger partial charge in [0.2, 0.25) is 0 Å². The largest absolute Gasteiger partial charge is 0.457 e. The van der Waals surface area contributed by atoms with E-state index in [4.69, 9.17) is 4.74 Å². The molecule has 21 heavy (non-hydrogen) atoms. The Morgan fingerprint density at radius 2 is 1.86 bits per heavy atom.